The van der Waals surface area contributed by atoms with Crippen LogP contribution < -0.4 is 11.1 Å². The number of carbonyl (C=O) groups excluding carboxylic acids is 1. The molecule has 1 aromatic heterocycles. The molecule has 1 amide bonds. The van der Waals surface area contributed by atoms with Gasteiger partial charge in [0.2, 0.25) is 5.91 Å². The van der Waals surface area contributed by atoms with Crippen LogP contribution in [0.2, 0.25) is 0 Å². The first kappa shape index (κ1) is 23.9. The third-order valence-electron chi connectivity index (χ3n) is 6.22. The molecule has 2 heterocycles. The molecule has 3 N–H and O–H groups in total. The van der Waals surface area contributed by atoms with Crippen molar-refractivity contribution >= 4 is 28.7 Å². The first-order valence-corrected chi connectivity index (χ1v) is 12.0. The lowest BCUT2D eigenvalue weighted by atomic mass is 10.0. The molecule has 1 atom stereocenters. The summed E-state index contributed by atoms with van der Waals surface area (Å²) < 4.78 is 0. The van der Waals surface area contributed by atoms with Crippen molar-refractivity contribution in [2.24, 2.45) is 11.7 Å². The van der Waals surface area contributed by atoms with Gasteiger partial charge in [-0.3, -0.25) is 14.6 Å². The number of hydrogen-bond donors (Lipinski definition) is 2. The lowest BCUT2D eigenvalue weighted by Crippen LogP contribution is -2.46. The number of primary amides is 1. The van der Waals surface area contributed by atoms with E-state index in [9.17, 15) is 4.79 Å². The average Bonchev–Trinajstić information content (AvgIpc) is 2.84. The highest BCUT2D eigenvalue weighted by atomic mass is 16.1. The number of nitrogens with two attached hydrogens (primary N) is 1. The Morgan fingerprint density at radius 1 is 1.00 bits per heavy atom. The monoisotopic (exact) mass is 458 g/mol. The van der Waals surface area contributed by atoms with Crippen molar-refractivity contribution in [2.45, 2.75) is 26.4 Å². The van der Waals surface area contributed by atoms with E-state index >= 15 is 0 Å². The standard InChI is InChI=1S/C27H34N6O/c1-20(2)25(26(28)34)31-27-22-12-6-7-13-23(22)29-24(30-27)19-33-17-15-32(16-18-33)14-8-11-21-9-4-3-5-10-21/h3-13,20,25H,14-19H2,1-2H3,(H2,28,34)(H,29,30,31)/b11-8+/t25-/m0/s1. The molecule has 2 aromatic carbocycles. The molecule has 3 aromatic rings. The van der Waals surface area contributed by atoms with E-state index in [4.69, 9.17) is 15.7 Å². The number of anilines is 1. The Morgan fingerprint density at radius 2 is 1.68 bits per heavy atom. The Hall–Kier alpha value is -3.29. The molecule has 1 aliphatic heterocycles. The summed E-state index contributed by atoms with van der Waals surface area (Å²) in [4.78, 5) is 26.4. The molecule has 34 heavy (non-hydrogen) atoms. The van der Waals surface area contributed by atoms with Gasteiger partial charge < -0.3 is 11.1 Å². The summed E-state index contributed by atoms with van der Waals surface area (Å²) in [6.07, 6.45) is 4.42. The first-order valence-electron chi connectivity index (χ1n) is 12.0. The van der Waals surface area contributed by atoms with E-state index in [2.05, 4.69) is 51.5 Å². The maximum atomic E-state index is 12.0. The minimum Gasteiger partial charge on any atom is -0.368 e. The van der Waals surface area contributed by atoms with E-state index in [1.165, 1.54) is 5.56 Å². The lowest BCUT2D eigenvalue weighted by Gasteiger charge is -2.33. The Bertz CT molecular complexity index is 1120. The van der Waals surface area contributed by atoms with Crippen LogP contribution in [0.3, 0.4) is 0 Å². The van der Waals surface area contributed by atoms with Gasteiger partial charge in [0.25, 0.3) is 0 Å². The maximum Gasteiger partial charge on any atom is 0.240 e. The fourth-order valence-corrected chi connectivity index (χ4v) is 4.25. The molecule has 1 aliphatic rings. The van der Waals surface area contributed by atoms with Crippen molar-refractivity contribution in [1.82, 2.24) is 19.8 Å². The fourth-order valence-electron chi connectivity index (χ4n) is 4.25. The normalized spacial score (nSPS) is 16.3. The predicted molar refractivity (Wildman–Crippen MR) is 138 cm³/mol. The molecule has 0 aliphatic carbocycles. The second kappa shape index (κ2) is 11.2. The van der Waals surface area contributed by atoms with E-state index < -0.39 is 6.04 Å². The minimum atomic E-state index is -0.487. The van der Waals surface area contributed by atoms with Crippen molar-refractivity contribution in [3.63, 3.8) is 0 Å². The third-order valence-corrected chi connectivity index (χ3v) is 6.22. The highest BCUT2D eigenvalue weighted by Gasteiger charge is 2.22. The van der Waals surface area contributed by atoms with Crippen molar-refractivity contribution in [3.05, 3.63) is 72.1 Å². The summed E-state index contributed by atoms with van der Waals surface area (Å²) in [5, 5.41) is 4.18. The van der Waals surface area contributed by atoms with Gasteiger partial charge in [-0.2, -0.15) is 0 Å². The SMILES string of the molecule is CC(C)[C@H](Nc1nc(CN2CCN(C/C=C/c3ccccc3)CC2)nc2ccccc12)C(N)=O. The smallest absolute Gasteiger partial charge is 0.240 e. The molecule has 0 bridgehead atoms. The molecular formula is C27H34N6O. The van der Waals surface area contributed by atoms with Crippen LogP contribution >= 0.6 is 0 Å². The Morgan fingerprint density at radius 3 is 2.38 bits per heavy atom. The van der Waals surface area contributed by atoms with Gasteiger partial charge in [-0.25, -0.2) is 9.97 Å². The van der Waals surface area contributed by atoms with Gasteiger partial charge in [-0.05, 0) is 23.6 Å². The molecule has 1 saturated heterocycles. The van der Waals surface area contributed by atoms with E-state index in [1.54, 1.807) is 0 Å². The zero-order valence-corrected chi connectivity index (χ0v) is 20.0. The summed E-state index contributed by atoms with van der Waals surface area (Å²) in [7, 11) is 0. The largest absolute Gasteiger partial charge is 0.368 e. The molecular weight excluding hydrogens is 424 g/mol. The van der Waals surface area contributed by atoms with Crippen LogP contribution in [0.15, 0.2) is 60.7 Å². The second-order valence-corrected chi connectivity index (χ2v) is 9.16. The number of aromatic nitrogens is 2. The number of amides is 1. The molecule has 1 fully saturated rings. The quantitative estimate of drug-likeness (QED) is 0.511. The molecule has 7 nitrogen and oxygen atoms in total. The Balaban J connectivity index is 1.39. The summed E-state index contributed by atoms with van der Waals surface area (Å²) in [6.45, 7) is 9.53. The molecule has 178 valence electrons. The number of nitrogens with zero attached hydrogens (tertiary/aromatic N) is 4. The lowest BCUT2D eigenvalue weighted by molar-refractivity contribution is -0.119. The van der Waals surface area contributed by atoms with Crippen molar-refractivity contribution < 1.29 is 4.79 Å². The van der Waals surface area contributed by atoms with Gasteiger partial charge in [-0.1, -0.05) is 68.5 Å². The van der Waals surface area contributed by atoms with Crippen LogP contribution in [-0.4, -0.2) is 64.4 Å². The molecule has 0 unspecified atom stereocenters. The van der Waals surface area contributed by atoms with Gasteiger partial charge in [0.15, 0.2) is 0 Å². The number of rotatable bonds is 9. The molecule has 0 spiro atoms. The van der Waals surface area contributed by atoms with Gasteiger partial charge in [-0.15, -0.1) is 0 Å². The van der Waals surface area contributed by atoms with Crippen LogP contribution in [0.5, 0.6) is 0 Å². The van der Waals surface area contributed by atoms with Crippen LogP contribution in [0.1, 0.15) is 25.2 Å². The highest BCUT2D eigenvalue weighted by molar-refractivity contribution is 5.91. The van der Waals surface area contributed by atoms with Gasteiger partial charge in [0, 0.05) is 38.1 Å². The Labute approximate surface area is 201 Å². The first-order chi connectivity index (χ1) is 16.5. The Kier molecular flexibility index (Phi) is 7.87. The number of nitrogens with one attached hydrogen (secondary N) is 1. The number of para-hydroxylation sites is 1. The van der Waals surface area contributed by atoms with Crippen LogP contribution in [0, 0.1) is 5.92 Å². The number of piperazine rings is 1. The van der Waals surface area contributed by atoms with Gasteiger partial charge in [0.05, 0.1) is 12.1 Å². The van der Waals surface area contributed by atoms with E-state index in [-0.39, 0.29) is 11.8 Å². The van der Waals surface area contributed by atoms with Crippen molar-refractivity contribution in [2.75, 3.05) is 38.0 Å². The van der Waals surface area contributed by atoms with Crippen molar-refractivity contribution in [1.29, 1.82) is 0 Å². The number of hydrogen-bond acceptors (Lipinski definition) is 6. The van der Waals surface area contributed by atoms with E-state index in [1.807, 2.05) is 44.2 Å². The molecule has 0 saturated carbocycles. The summed E-state index contributed by atoms with van der Waals surface area (Å²) in [5.41, 5.74) is 7.73. The summed E-state index contributed by atoms with van der Waals surface area (Å²) in [6, 6.07) is 17.8. The van der Waals surface area contributed by atoms with Crippen LogP contribution in [0.25, 0.3) is 17.0 Å². The fraction of sp³-hybridized carbons (Fsp3) is 0.370. The number of carbonyl (C=O) groups is 1. The van der Waals surface area contributed by atoms with Crippen molar-refractivity contribution in [3.8, 4) is 0 Å². The zero-order chi connectivity index (χ0) is 23.9. The number of benzene rings is 2. The maximum absolute atomic E-state index is 12.0. The minimum absolute atomic E-state index is 0.0543. The zero-order valence-electron chi connectivity index (χ0n) is 20.0. The third kappa shape index (κ3) is 6.18. The second-order valence-electron chi connectivity index (χ2n) is 9.16. The van der Waals surface area contributed by atoms with Crippen LogP contribution in [0.4, 0.5) is 5.82 Å². The van der Waals surface area contributed by atoms with E-state index in [0.717, 1.165) is 49.5 Å². The number of fused-ring (bicyclic) bond motifs is 1. The van der Waals surface area contributed by atoms with Gasteiger partial charge >= 0.3 is 0 Å². The molecule has 0 radical (unpaired) electrons. The highest BCUT2D eigenvalue weighted by Crippen LogP contribution is 2.23. The molecule has 7 heteroatoms. The van der Waals surface area contributed by atoms with E-state index in [0.29, 0.717) is 12.4 Å². The predicted octanol–water partition coefficient (Wildman–Crippen LogP) is 3.38. The molecule has 4 rings (SSSR count). The van der Waals surface area contributed by atoms with Crippen LogP contribution in [-0.2, 0) is 11.3 Å². The topological polar surface area (TPSA) is 87.4 Å². The summed E-state index contributed by atoms with van der Waals surface area (Å²) in [5.74, 6) is 1.10. The van der Waals surface area contributed by atoms with Gasteiger partial charge in [0.1, 0.15) is 17.7 Å². The average molecular weight is 459 g/mol. The summed E-state index contributed by atoms with van der Waals surface area (Å²) >= 11 is 0.